The van der Waals surface area contributed by atoms with Crippen molar-refractivity contribution >= 4 is 11.9 Å². The minimum absolute atomic E-state index is 0.0807. The van der Waals surface area contributed by atoms with Gasteiger partial charge in [-0.15, -0.1) is 0 Å². The number of aromatic nitrogens is 2. The first-order chi connectivity index (χ1) is 12.8. The van der Waals surface area contributed by atoms with Gasteiger partial charge in [-0.3, -0.25) is 14.3 Å². The fourth-order valence-corrected chi connectivity index (χ4v) is 3.90. The molecule has 0 saturated carbocycles. The summed E-state index contributed by atoms with van der Waals surface area (Å²) < 4.78 is 15.4. The van der Waals surface area contributed by atoms with E-state index in [1.54, 1.807) is 21.7 Å². The molecular formula is C20H24FN3O3. The van der Waals surface area contributed by atoms with Gasteiger partial charge < -0.3 is 10.0 Å². The molecule has 0 spiro atoms. The highest BCUT2D eigenvalue weighted by Crippen LogP contribution is 2.33. The molecule has 1 aliphatic heterocycles. The number of carboxylic acids is 1. The summed E-state index contributed by atoms with van der Waals surface area (Å²) in [6.07, 6.45) is 0.874. The number of carbonyl (C=O) groups is 2. The molecule has 7 heteroatoms. The highest BCUT2D eigenvalue weighted by molar-refractivity contribution is 5.80. The van der Waals surface area contributed by atoms with Gasteiger partial charge in [0.15, 0.2) is 0 Å². The van der Waals surface area contributed by atoms with Crippen molar-refractivity contribution in [1.82, 2.24) is 14.7 Å². The first-order valence-corrected chi connectivity index (χ1v) is 9.03. The molecule has 1 aromatic carbocycles. The molecule has 2 atom stereocenters. The SMILES string of the molecule is Cc1nn(C)c(C)c1CCC(=O)N1CC(C(=O)O)C(c2cccc(F)c2)C1. The van der Waals surface area contributed by atoms with Crippen LogP contribution in [0.15, 0.2) is 24.3 Å². The van der Waals surface area contributed by atoms with E-state index < -0.39 is 23.6 Å². The van der Waals surface area contributed by atoms with Crippen LogP contribution in [-0.4, -0.2) is 44.8 Å². The molecule has 1 saturated heterocycles. The van der Waals surface area contributed by atoms with Crippen LogP contribution < -0.4 is 0 Å². The summed E-state index contributed by atoms with van der Waals surface area (Å²) in [6, 6.07) is 5.98. The van der Waals surface area contributed by atoms with Crippen LogP contribution in [0.3, 0.4) is 0 Å². The normalized spacial score (nSPS) is 19.5. The number of aliphatic carboxylic acids is 1. The van der Waals surface area contributed by atoms with Gasteiger partial charge in [0, 0.05) is 38.2 Å². The fraction of sp³-hybridized carbons (Fsp3) is 0.450. The van der Waals surface area contributed by atoms with E-state index in [1.807, 2.05) is 20.9 Å². The Labute approximate surface area is 157 Å². The van der Waals surface area contributed by atoms with Gasteiger partial charge in [-0.2, -0.15) is 5.10 Å². The van der Waals surface area contributed by atoms with E-state index >= 15 is 0 Å². The third-order valence-electron chi connectivity index (χ3n) is 5.51. The molecule has 2 aromatic rings. The highest BCUT2D eigenvalue weighted by atomic mass is 19.1. The Morgan fingerprint density at radius 3 is 2.63 bits per heavy atom. The van der Waals surface area contributed by atoms with Gasteiger partial charge in [-0.05, 0) is 43.5 Å². The highest BCUT2D eigenvalue weighted by Gasteiger charge is 2.40. The van der Waals surface area contributed by atoms with E-state index in [2.05, 4.69) is 5.10 Å². The van der Waals surface area contributed by atoms with Crippen LogP contribution in [-0.2, 0) is 23.1 Å². The lowest BCUT2D eigenvalue weighted by molar-refractivity contribution is -0.141. The Kier molecular flexibility index (Phi) is 5.30. The maximum absolute atomic E-state index is 13.6. The smallest absolute Gasteiger partial charge is 0.308 e. The number of likely N-dealkylation sites (tertiary alicyclic amines) is 1. The lowest BCUT2D eigenvalue weighted by Gasteiger charge is -2.17. The zero-order chi connectivity index (χ0) is 19.7. The van der Waals surface area contributed by atoms with E-state index in [4.69, 9.17) is 0 Å². The lowest BCUT2D eigenvalue weighted by Crippen LogP contribution is -2.30. The molecule has 6 nitrogen and oxygen atoms in total. The molecule has 0 aliphatic carbocycles. The second kappa shape index (κ2) is 7.50. The summed E-state index contributed by atoms with van der Waals surface area (Å²) in [7, 11) is 1.87. The fourth-order valence-electron chi connectivity index (χ4n) is 3.90. The standard InChI is InChI=1S/C20H24FN3O3/c1-12-16(13(2)23(3)22-12)7-8-19(25)24-10-17(18(11-24)20(26)27)14-5-4-6-15(21)9-14/h4-6,9,17-18H,7-8,10-11H2,1-3H3,(H,26,27). The minimum Gasteiger partial charge on any atom is -0.481 e. The van der Waals surface area contributed by atoms with E-state index in [0.29, 0.717) is 24.9 Å². The van der Waals surface area contributed by atoms with Crippen molar-refractivity contribution in [1.29, 1.82) is 0 Å². The van der Waals surface area contributed by atoms with Gasteiger partial charge in [0.1, 0.15) is 5.82 Å². The van der Waals surface area contributed by atoms with Crippen LogP contribution in [0.1, 0.15) is 34.9 Å². The Bertz CT molecular complexity index is 877. The molecule has 144 valence electrons. The molecule has 1 aromatic heterocycles. The van der Waals surface area contributed by atoms with Crippen molar-refractivity contribution in [3.63, 3.8) is 0 Å². The largest absolute Gasteiger partial charge is 0.481 e. The molecule has 27 heavy (non-hydrogen) atoms. The molecule has 1 amide bonds. The van der Waals surface area contributed by atoms with Gasteiger partial charge in [0.25, 0.3) is 0 Å². The average molecular weight is 373 g/mol. The average Bonchev–Trinajstić information content (AvgIpc) is 3.16. The summed E-state index contributed by atoms with van der Waals surface area (Å²) in [6.45, 7) is 4.34. The maximum Gasteiger partial charge on any atom is 0.308 e. The van der Waals surface area contributed by atoms with Gasteiger partial charge in [0.2, 0.25) is 5.91 Å². The third kappa shape index (κ3) is 3.86. The molecule has 0 bridgehead atoms. The molecular weight excluding hydrogens is 349 g/mol. The number of hydrogen-bond donors (Lipinski definition) is 1. The summed E-state index contributed by atoms with van der Waals surface area (Å²) in [5.74, 6) is -2.56. The summed E-state index contributed by atoms with van der Waals surface area (Å²) in [4.78, 5) is 26.0. The second-order valence-electron chi connectivity index (χ2n) is 7.18. The number of hydrogen-bond acceptors (Lipinski definition) is 3. The summed E-state index contributed by atoms with van der Waals surface area (Å²) in [5.41, 5.74) is 3.62. The predicted octanol–water partition coefficient (Wildman–Crippen LogP) is 2.44. The Hall–Kier alpha value is -2.70. The van der Waals surface area contributed by atoms with Crippen molar-refractivity contribution in [3.05, 3.63) is 52.6 Å². The quantitative estimate of drug-likeness (QED) is 0.873. The number of carboxylic acid groups (broad SMARTS) is 1. The van der Waals surface area contributed by atoms with Crippen molar-refractivity contribution in [3.8, 4) is 0 Å². The predicted molar refractivity (Wildman–Crippen MR) is 97.8 cm³/mol. The zero-order valence-electron chi connectivity index (χ0n) is 15.8. The lowest BCUT2D eigenvalue weighted by atomic mass is 9.89. The van der Waals surface area contributed by atoms with Crippen LogP contribution >= 0.6 is 0 Å². The minimum atomic E-state index is -0.960. The third-order valence-corrected chi connectivity index (χ3v) is 5.51. The van der Waals surface area contributed by atoms with Gasteiger partial charge in [-0.1, -0.05) is 12.1 Å². The number of aryl methyl sites for hydroxylation is 2. The van der Waals surface area contributed by atoms with Crippen molar-refractivity contribution < 1.29 is 19.1 Å². The van der Waals surface area contributed by atoms with Gasteiger partial charge in [0.05, 0.1) is 11.6 Å². The Balaban J connectivity index is 1.71. The van der Waals surface area contributed by atoms with Crippen LogP contribution in [0, 0.1) is 25.6 Å². The molecule has 2 heterocycles. The number of carbonyl (C=O) groups excluding carboxylic acids is 1. The van der Waals surface area contributed by atoms with Crippen LogP contribution in [0.2, 0.25) is 0 Å². The topological polar surface area (TPSA) is 75.4 Å². The number of rotatable bonds is 5. The molecule has 1 fully saturated rings. The summed E-state index contributed by atoms with van der Waals surface area (Å²) in [5, 5.41) is 13.9. The summed E-state index contributed by atoms with van der Waals surface area (Å²) >= 11 is 0. The van der Waals surface area contributed by atoms with Crippen LogP contribution in [0.5, 0.6) is 0 Å². The zero-order valence-corrected chi connectivity index (χ0v) is 15.8. The number of nitrogens with zero attached hydrogens (tertiary/aromatic N) is 3. The van der Waals surface area contributed by atoms with Crippen molar-refractivity contribution in [2.75, 3.05) is 13.1 Å². The molecule has 1 N–H and O–H groups in total. The number of halogens is 1. The van der Waals surface area contributed by atoms with E-state index in [0.717, 1.165) is 17.0 Å². The molecule has 3 rings (SSSR count). The Morgan fingerprint density at radius 2 is 2.04 bits per heavy atom. The van der Waals surface area contributed by atoms with Crippen LogP contribution in [0.4, 0.5) is 4.39 Å². The first-order valence-electron chi connectivity index (χ1n) is 9.03. The van der Waals surface area contributed by atoms with Gasteiger partial charge >= 0.3 is 5.97 Å². The second-order valence-corrected chi connectivity index (χ2v) is 7.18. The van der Waals surface area contributed by atoms with E-state index in [-0.39, 0.29) is 12.5 Å². The van der Waals surface area contributed by atoms with Gasteiger partial charge in [-0.25, -0.2) is 4.39 Å². The van der Waals surface area contributed by atoms with Crippen LogP contribution in [0.25, 0.3) is 0 Å². The molecule has 1 aliphatic rings. The first kappa shape index (κ1) is 19.1. The van der Waals surface area contributed by atoms with E-state index in [9.17, 15) is 19.1 Å². The monoisotopic (exact) mass is 373 g/mol. The van der Waals surface area contributed by atoms with E-state index in [1.165, 1.54) is 12.1 Å². The molecule has 0 radical (unpaired) electrons. The molecule has 2 unspecified atom stereocenters. The van der Waals surface area contributed by atoms with Crippen molar-refractivity contribution in [2.45, 2.75) is 32.6 Å². The van der Waals surface area contributed by atoms with Crippen molar-refractivity contribution in [2.24, 2.45) is 13.0 Å². The number of amides is 1. The Morgan fingerprint density at radius 1 is 1.30 bits per heavy atom. The maximum atomic E-state index is 13.6. The number of benzene rings is 1.